The van der Waals surface area contributed by atoms with Gasteiger partial charge in [0.2, 0.25) is 18.1 Å². The Morgan fingerprint density at radius 3 is 2.79 bits per heavy atom. The van der Waals surface area contributed by atoms with Crippen LogP contribution in [-0.2, 0) is 19.1 Å². The van der Waals surface area contributed by atoms with Crippen molar-refractivity contribution in [3.05, 3.63) is 28.8 Å². The zero-order valence-corrected chi connectivity index (χ0v) is 16.1. The molecule has 0 aliphatic carbocycles. The second-order valence-corrected chi connectivity index (χ2v) is 7.21. The number of carbonyl (C=O) groups excluding carboxylic acids is 4. The Balaban J connectivity index is 1.57. The Hall–Kier alpha value is -2.85. The molecule has 2 fully saturated rings. The smallest absolute Gasteiger partial charge is 0.310 e. The van der Waals surface area contributed by atoms with E-state index in [2.05, 4.69) is 15.4 Å². The Labute approximate surface area is 171 Å². The number of anilines is 1. The monoisotopic (exact) mass is 424 g/mol. The first-order valence-electron chi connectivity index (χ1n) is 9.07. The molecule has 0 spiro atoms. The van der Waals surface area contributed by atoms with Gasteiger partial charge in [0.05, 0.1) is 29.2 Å². The van der Waals surface area contributed by atoms with E-state index in [1.807, 2.05) is 0 Å². The van der Waals surface area contributed by atoms with Crippen LogP contribution in [0, 0.1) is 0 Å². The van der Waals surface area contributed by atoms with Crippen LogP contribution in [0.25, 0.3) is 0 Å². The van der Waals surface area contributed by atoms with Gasteiger partial charge in [0, 0.05) is 6.54 Å². The van der Waals surface area contributed by atoms with Gasteiger partial charge in [0.25, 0.3) is 5.91 Å². The fourth-order valence-electron chi connectivity index (χ4n) is 3.36. The number of likely N-dealkylation sites (tertiary alicyclic amines) is 1. The number of carbonyl (C=O) groups is 4. The fourth-order valence-corrected chi connectivity index (χ4v) is 3.57. The number of benzene rings is 1. The molecule has 0 radical (unpaired) electrons. The summed E-state index contributed by atoms with van der Waals surface area (Å²) in [6.45, 7) is 0.0376. The van der Waals surface area contributed by atoms with Crippen molar-refractivity contribution in [2.24, 2.45) is 0 Å². The SMILES string of the molecule is Nc1cccc(C(=O)NCC(=O)N2CCC[C@H]2C(=O)N[C@H]2CC(=O)O[C@H]2O)c1Cl. The zero-order valence-electron chi connectivity index (χ0n) is 15.4. The maximum absolute atomic E-state index is 12.5. The van der Waals surface area contributed by atoms with Gasteiger partial charge in [-0.25, -0.2) is 0 Å². The molecule has 3 amide bonds. The molecule has 5 N–H and O–H groups in total. The van der Waals surface area contributed by atoms with Crippen LogP contribution in [0.4, 0.5) is 5.69 Å². The third kappa shape index (κ3) is 4.60. The van der Waals surface area contributed by atoms with E-state index >= 15 is 0 Å². The van der Waals surface area contributed by atoms with Crippen molar-refractivity contribution in [2.75, 3.05) is 18.8 Å². The number of ether oxygens (including phenoxy) is 1. The summed E-state index contributed by atoms with van der Waals surface area (Å²) in [4.78, 5) is 49.9. The minimum Gasteiger partial charge on any atom is -0.434 e. The number of rotatable bonds is 5. The largest absolute Gasteiger partial charge is 0.434 e. The van der Waals surface area contributed by atoms with Crippen LogP contribution in [0.3, 0.4) is 0 Å². The summed E-state index contributed by atoms with van der Waals surface area (Å²) < 4.78 is 4.59. The van der Waals surface area contributed by atoms with Gasteiger partial charge >= 0.3 is 5.97 Å². The van der Waals surface area contributed by atoms with E-state index in [1.165, 1.54) is 11.0 Å². The first-order valence-corrected chi connectivity index (χ1v) is 9.45. The van der Waals surface area contributed by atoms with Crippen LogP contribution in [-0.4, -0.2) is 65.2 Å². The van der Waals surface area contributed by atoms with Crippen molar-refractivity contribution in [3.63, 3.8) is 0 Å². The molecule has 2 aliphatic heterocycles. The molecule has 0 unspecified atom stereocenters. The first-order chi connectivity index (χ1) is 13.8. The van der Waals surface area contributed by atoms with Gasteiger partial charge in [0.1, 0.15) is 12.1 Å². The number of aliphatic hydroxyl groups is 1. The van der Waals surface area contributed by atoms with Crippen molar-refractivity contribution in [2.45, 2.75) is 37.6 Å². The number of nitrogens with two attached hydrogens (primary N) is 1. The van der Waals surface area contributed by atoms with Crippen LogP contribution in [0.1, 0.15) is 29.6 Å². The van der Waals surface area contributed by atoms with E-state index < -0.39 is 42.1 Å². The van der Waals surface area contributed by atoms with Crippen LogP contribution in [0.2, 0.25) is 5.02 Å². The highest BCUT2D eigenvalue weighted by Crippen LogP contribution is 2.23. The Bertz CT molecular complexity index is 848. The number of nitrogen functional groups attached to an aromatic ring is 1. The molecule has 10 nitrogen and oxygen atoms in total. The van der Waals surface area contributed by atoms with Crippen molar-refractivity contribution in [3.8, 4) is 0 Å². The number of esters is 1. The summed E-state index contributed by atoms with van der Waals surface area (Å²) >= 11 is 6.01. The molecule has 3 atom stereocenters. The van der Waals surface area contributed by atoms with Gasteiger partial charge in [-0.2, -0.15) is 0 Å². The molecule has 0 aromatic heterocycles. The second kappa shape index (κ2) is 8.66. The minimum atomic E-state index is -1.40. The lowest BCUT2D eigenvalue weighted by Crippen LogP contribution is -2.52. The second-order valence-electron chi connectivity index (χ2n) is 6.84. The molecule has 2 saturated heterocycles. The van der Waals surface area contributed by atoms with Crippen molar-refractivity contribution >= 4 is 41.0 Å². The molecule has 1 aromatic rings. The predicted octanol–water partition coefficient (Wildman–Crippen LogP) is -0.607. The molecule has 2 aliphatic rings. The van der Waals surface area contributed by atoms with Gasteiger partial charge in [-0.3, -0.25) is 19.2 Å². The normalized spacial score (nSPS) is 23.6. The highest BCUT2D eigenvalue weighted by Gasteiger charge is 2.39. The van der Waals surface area contributed by atoms with Crippen LogP contribution >= 0.6 is 11.6 Å². The number of amides is 3. The number of hydrogen-bond donors (Lipinski definition) is 4. The molecule has 2 heterocycles. The fraction of sp³-hybridized carbons (Fsp3) is 0.444. The van der Waals surface area contributed by atoms with Gasteiger partial charge < -0.3 is 31.1 Å². The number of halogens is 1. The van der Waals surface area contributed by atoms with Crippen LogP contribution in [0.15, 0.2) is 18.2 Å². The number of nitrogens with one attached hydrogen (secondary N) is 2. The van der Waals surface area contributed by atoms with E-state index in [4.69, 9.17) is 17.3 Å². The Kier molecular flexibility index (Phi) is 6.23. The number of cyclic esters (lactones) is 1. The average molecular weight is 425 g/mol. The van der Waals surface area contributed by atoms with E-state index in [9.17, 15) is 24.3 Å². The molecule has 29 heavy (non-hydrogen) atoms. The van der Waals surface area contributed by atoms with E-state index in [0.717, 1.165) is 0 Å². The molecule has 0 bridgehead atoms. The van der Waals surface area contributed by atoms with E-state index in [0.29, 0.717) is 19.4 Å². The first kappa shape index (κ1) is 20.9. The number of nitrogens with zero attached hydrogens (tertiary/aromatic N) is 1. The van der Waals surface area contributed by atoms with Gasteiger partial charge in [-0.05, 0) is 25.0 Å². The topological polar surface area (TPSA) is 151 Å². The standard InChI is InChI=1S/C18H21ClN4O6/c19-15-9(3-1-4-10(15)20)16(26)21-8-13(24)23-6-2-5-12(23)17(27)22-11-7-14(25)29-18(11)28/h1,3-4,11-12,18,28H,2,5-8,20H2,(H,21,26)(H,22,27)/t11-,12-,18+/m0/s1. The summed E-state index contributed by atoms with van der Waals surface area (Å²) in [5.41, 5.74) is 6.07. The summed E-state index contributed by atoms with van der Waals surface area (Å²) in [5.74, 6) is -2.08. The van der Waals surface area contributed by atoms with Crippen LogP contribution < -0.4 is 16.4 Å². The quantitative estimate of drug-likeness (QED) is 0.363. The zero-order chi connectivity index (χ0) is 21.1. The molecular formula is C18H21ClN4O6. The Morgan fingerprint density at radius 1 is 1.34 bits per heavy atom. The number of aliphatic hydroxyl groups excluding tert-OH is 1. The van der Waals surface area contributed by atoms with E-state index in [1.54, 1.807) is 12.1 Å². The Morgan fingerprint density at radius 2 is 2.10 bits per heavy atom. The van der Waals surface area contributed by atoms with E-state index in [-0.39, 0.29) is 29.2 Å². The van der Waals surface area contributed by atoms with Crippen molar-refractivity contribution in [1.29, 1.82) is 0 Å². The lowest BCUT2D eigenvalue weighted by Gasteiger charge is -2.25. The highest BCUT2D eigenvalue weighted by molar-refractivity contribution is 6.36. The summed E-state index contributed by atoms with van der Waals surface area (Å²) in [6, 6.07) is 3.01. The summed E-state index contributed by atoms with van der Waals surface area (Å²) in [7, 11) is 0. The maximum atomic E-state index is 12.5. The lowest BCUT2D eigenvalue weighted by molar-refractivity contribution is -0.155. The lowest BCUT2D eigenvalue weighted by atomic mass is 10.1. The third-order valence-corrected chi connectivity index (χ3v) is 5.28. The minimum absolute atomic E-state index is 0.0998. The van der Waals surface area contributed by atoms with Crippen molar-refractivity contribution < 1.29 is 29.0 Å². The van der Waals surface area contributed by atoms with Crippen LogP contribution in [0.5, 0.6) is 0 Å². The van der Waals surface area contributed by atoms with Gasteiger partial charge in [0.15, 0.2) is 0 Å². The number of hydrogen-bond acceptors (Lipinski definition) is 7. The molecule has 0 saturated carbocycles. The highest BCUT2D eigenvalue weighted by atomic mass is 35.5. The van der Waals surface area contributed by atoms with Gasteiger partial charge in [-0.1, -0.05) is 17.7 Å². The average Bonchev–Trinajstić information content (AvgIpc) is 3.28. The molecule has 156 valence electrons. The molecule has 3 rings (SSSR count). The summed E-state index contributed by atoms with van der Waals surface area (Å²) in [6.07, 6.45) is -0.490. The van der Waals surface area contributed by atoms with Crippen molar-refractivity contribution in [1.82, 2.24) is 15.5 Å². The molecule has 1 aromatic carbocycles. The maximum Gasteiger partial charge on any atom is 0.310 e. The summed E-state index contributed by atoms with van der Waals surface area (Å²) in [5, 5.41) is 14.7. The molecular weight excluding hydrogens is 404 g/mol. The predicted molar refractivity (Wildman–Crippen MR) is 102 cm³/mol. The molecule has 11 heteroatoms. The third-order valence-electron chi connectivity index (χ3n) is 4.86. The van der Waals surface area contributed by atoms with Gasteiger partial charge in [-0.15, -0.1) is 0 Å².